The van der Waals surface area contributed by atoms with E-state index in [4.69, 9.17) is 5.73 Å². The summed E-state index contributed by atoms with van der Waals surface area (Å²) in [6.45, 7) is 5.66. The molecule has 0 aromatic heterocycles. The van der Waals surface area contributed by atoms with Crippen LogP contribution in [0.4, 0.5) is 5.69 Å². The smallest absolute Gasteiger partial charge is 0.240 e. The zero-order valence-electron chi connectivity index (χ0n) is 12.0. The Morgan fingerprint density at radius 2 is 2.00 bits per heavy atom. The lowest BCUT2D eigenvalue weighted by Crippen LogP contribution is -2.42. The molecule has 0 aliphatic carbocycles. The number of piperidine rings is 1. The van der Waals surface area contributed by atoms with E-state index in [1.807, 2.05) is 13.8 Å². The molecule has 0 saturated carbocycles. The lowest BCUT2D eigenvalue weighted by molar-refractivity contribution is 0.316. The minimum absolute atomic E-state index is 0.0556. The Hall–Kier alpha value is -1.11. The van der Waals surface area contributed by atoms with Crippen molar-refractivity contribution in [1.29, 1.82) is 0 Å². The summed E-state index contributed by atoms with van der Waals surface area (Å²) in [5.74, 6) is 0.390. The monoisotopic (exact) mass is 297 g/mol. The van der Waals surface area contributed by atoms with E-state index in [1.165, 1.54) is 0 Å². The second-order valence-electron chi connectivity index (χ2n) is 5.52. The molecule has 1 aliphatic heterocycles. The second-order valence-corrected chi connectivity index (χ2v) is 7.23. The number of hydrogen-bond acceptors (Lipinski definition) is 4. The number of nitrogens with one attached hydrogen (secondary N) is 2. The average Bonchev–Trinajstić information content (AvgIpc) is 2.42. The van der Waals surface area contributed by atoms with Crippen LogP contribution in [0.2, 0.25) is 0 Å². The van der Waals surface area contributed by atoms with Gasteiger partial charge in [-0.2, -0.15) is 0 Å². The summed E-state index contributed by atoms with van der Waals surface area (Å²) in [6.07, 6.45) is 2.01. The molecule has 4 N–H and O–H groups in total. The zero-order chi connectivity index (χ0) is 14.8. The maximum atomic E-state index is 12.4. The summed E-state index contributed by atoms with van der Waals surface area (Å²) in [5.41, 5.74) is 7.11. The minimum Gasteiger partial charge on any atom is -0.399 e. The minimum atomic E-state index is -3.47. The first-order chi connectivity index (χ1) is 9.40. The van der Waals surface area contributed by atoms with Crippen LogP contribution in [0.1, 0.15) is 25.3 Å². The molecule has 0 radical (unpaired) electrons. The molecule has 0 spiro atoms. The Balaban J connectivity index is 2.11. The number of aryl methyl sites for hydroxylation is 1. The third kappa shape index (κ3) is 3.50. The predicted molar refractivity (Wildman–Crippen MR) is 81.0 cm³/mol. The first-order valence-electron chi connectivity index (χ1n) is 6.99. The van der Waals surface area contributed by atoms with Gasteiger partial charge >= 0.3 is 0 Å². The lowest BCUT2D eigenvalue weighted by atomic mass is 9.92. The summed E-state index contributed by atoms with van der Waals surface area (Å²) in [7, 11) is -3.47. The summed E-state index contributed by atoms with van der Waals surface area (Å²) in [5, 5.41) is 3.29. The zero-order valence-corrected chi connectivity index (χ0v) is 12.8. The van der Waals surface area contributed by atoms with Crippen molar-refractivity contribution in [1.82, 2.24) is 10.0 Å². The van der Waals surface area contributed by atoms with Gasteiger partial charge in [0.1, 0.15) is 0 Å². The third-order valence-corrected chi connectivity index (χ3v) is 5.54. The first kappa shape index (κ1) is 15.3. The van der Waals surface area contributed by atoms with Crippen LogP contribution in [0.3, 0.4) is 0 Å². The van der Waals surface area contributed by atoms with Gasteiger partial charge in [-0.05, 0) is 69.5 Å². The highest BCUT2D eigenvalue weighted by Gasteiger charge is 2.25. The highest BCUT2D eigenvalue weighted by atomic mass is 32.2. The number of anilines is 1. The van der Waals surface area contributed by atoms with E-state index in [0.29, 0.717) is 11.6 Å². The fourth-order valence-electron chi connectivity index (χ4n) is 2.57. The molecule has 1 aliphatic rings. The van der Waals surface area contributed by atoms with Crippen LogP contribution in [-0.2, 0) is 10.0 Å². The first-order valence-corrected chi connectivity index (χ1v) is 8.47. The summed E-state index contributed by atoms with van der Waals surface area (Å²) < 4.78 is 27.6. The average molecular weight is 297 g/mol. The van der Waals surface area contributed by atoms with E-state index in [2.05, 4.69) is 10.0 Å². The molecule has 0 unspecified atom stereocenters. The number of nitrogens with two attached hydrogens (primary N) is 1. The number of nitrogen functional groups attached to an aromatic ring is 1. The third-order valence-electron chi connectivity index (χ3n) is 3.98. The van der Waals surface area contributed by atoms with Gasteiger partial charge in [-0.15, -0.1) is 0 Å². The molecule has 0 amide bonds. The van der Waals surface area contributed by atoms with Crippen molar-refractivity contribution < 1.29 is 8.42 Å². The van der Waals surface area contributed by atoms with Crippen LogP contribution in [-0.4, -0.2) is 27.5 Å². The Bertz CT molecular complexity index is 566. The van der Waals surface area contributed by atoms with Crippen molar-refractivity contribution in [2.24, 2.45) is 5.92 Å². The van der Waals surface area contributed by atoms with Crippen LogP contribution < -0.4 is 15.8 Å². The Kier molecular flexibility index (Phi) is 4.67. The maximum absolute atomic E-state index is 12.4. The van der Waals surface area contributed by atoms with Crippen LogP contribution in [0, 0.1) is 12.8 Å². The van der Waals surface area contributed by atoms with Crippen molar-refractivity contribution in [2.45, 2.75) is 37.6 Å². The topological polar surface area (TPSA) is 84.2 Å². The fourth-order valence-corrected chi connectivity index (χ4v) is 3.97. The van der Waals surface area contributed by atoms with Gasteiger partial charge in [0.15, 0.2) is 0 Å². The summed E-state index contributed by atoms with van der Waals surface area (Å²) >= 11 is 0. The Labute approximate surface area is 121 Å². The Morgan fingerprint density at radius 1 is 1.35 bits per heavy atom. The van der Waals surface area contributed by atoms with Gasteiger partial charge in [-0.3, -0.25) is 0 Å². The molecule has 1 saturated heterocycles. The van der Waals surface area contributed by atoms with Gasteiger partial charge in [0, 0.05) is 11.7 Å². The number of benzene rings is 1. The van der Waals surface area contributed by atoms with Gasteiger partial charge in [-0.25, -0.2) is 13.1 Å². The molecule has 1 aromatic carbocycles. The second kappa shape index (κ2) is 6.11. The van der Waals surface area contributed by atoms with Gasteiger partial charge in [0.2, 0.25) is 10.0 Å². The molecule has 5 nitrogen and oxygen atoms in total. The van der Waals surface area contributed by atoms with Crippen LogP contribution >= 0.6 is 0 Å². The van der Waals surface area contributed by atoms with Crippen LogP contribution in [0.5, 0.6) is 0 Å². The van der Waals surface area contributed by atoms with Gasteiger partial charge in [0.25, 0.3) is 0 Å². The van der Waals surface area contributed by atoms with E-state index in [-0.39, 0.29) is 10.9 Å². The molecule has 20 heavy (non-hydrogen) atoms. The van der Waals surface area contributed by atoms with Crippen molar-refractivity contribution in [3.05, 3.63) is 23.8 Å². The highest BCUT2D eigenvalue weighted by molar-refractivity contribution is 7.89. The number of sulfonamides is 1. The van der Waals surface area contributed by atoms with Crippen LogP contribution in [0.25, 0.3) is 0 Å². The van der Waals surface area contributed by atoms with E-state index >= 15 is 0 Å². The fraction of sp³-hybridized carbons (Fsp3) is 0.571. The molecule has 1 aromatic rings. The largest absolute Gasteiger partial charge is 0.399 e. The molecule has 112 valence electrons. The maximum Gasteiger partial charge on any atom is 0.240 e. The number of rotatable bonds is 4. The highest BCUT2D eigenvalue weighted by Crippen LogP contribution is 2.20. The lowest BCUT2D eigenvalue weighted by Gasteiger charge is -2.28. The van der Waals surface area contributed by atoms with Crippen LogP contribution in [0.15, 0.2) is 23.1 Å². The molecule has 1 atom stereocenters. The SMILES string of the molecule is Cc1cc(S(=O)(=O)N[C@H](C)C2CCNCC2)ccc1N. The predicted octanol–water partition coefficient (Wildman–Crippen LogP) is 1.24. The van der Waals surface area contributed by atoms with E-state index in [9.17, 15) is 8.42 Å². The van der Waals surface area contributed by atoms with Gasteiger partial charge in [0.05, 0.1) is 4.90 Å². The molecule has 1 heterocycles. The van der Waals surface area contributed by atoms with E-state index in [1.54, 1.807) is 18.2 Å². The molecular formula is C14H23N3O2S. The van der Waals surface area contributed by atoms with Crippen molar-refractivity contribution in [3.8, 4) is 0 Å². The molecule has 0 bridgehead atoms. The summed E-state index contributed by atoms with van der Waals surface area (Å²) in [6, 6.07) is 4.76. The molecule has 6 heteroatoms. The summed E-state index contributed by atoms with van der Waals surface area (Å²) in [4.78, 5) is 0.282. The Morgan fingerprint density at radius 3 is 2.60 bits per heavy atom. The molecule has 1 fully saturated rings. The van der Waals surface area contributed by atoms with Gasteiger partial charge < -0.3 is 11.1 Å². The van der Waals surface area contributed by atoms with E-state index in [0.717, 1.165) is 31.5 Å². The molecular weight excluding hydrogens is 274 g/mol. The van der Waals surface area contributed by atoms with E-state index < -0.39 is 10.0 Å². The van der Waals surface area contributed by atoms with Crippen molar-refractivity contribution >= 4 is 15.7 Å². The van der Waals surface area contributed by atoms with Gasteiger partial charge in [-0.1, -0.05) is 0 Å². The number of hydrogen-bond donors (Lipinski definition) is 3. The standard InChI is InChI=1S/C14H23N3O2S/c1-10-9-13(3-4-14(10)15)20(18,19)17-11(2)12-5-7-16-8-6-12/h3-4,9,11-12,16-17H,5-8,15H2,1-2H3/t11-/m1/s1. The van der Waals surface area contributed by atoms with Crippen molar-refractivity contribution in [2.75, 3.05) is 18.8 Å². The quantitative estimate of drug-likeness (QED) is 0.730. The van der Waals surface area contributed by atoms with Crippen molar-refractivity contribution in [3.63, 3.8) is 0 Å². The normalized spacial score (nSPS) is 18.9. The molecule has 2 rings (SSSR count).